The first-order valence-electron chi connectivity index (χ1n) is 19.4. The van der Waals surface area contributed by atoms with Gasteiger partial charge in [-0.3, -0.25) is 0 Å². The number of rotatable bonds is 2. The Morgan fingerprint density at radius 3 is 2.04 bits per heavy atom. The van der Waals surface area contributed by atoms with E-state index < -0.39 is 0 Å². The minimum Gasteiger partial charge on any atom is -0.456 e. The van der Waals surface area contributed by atoms with Crippen LogP contribution in [-0.2, 0) is 10.8 Å². The number of fused-ring (bicyclic) bond motifs is 14. The third kappa shape index (κ3) is 3.88. The van der Waals surface area contributed by atoms with E-state index in [4.69, 9.17) is 4.42 Å². The largest absolute Gasteiger partial charge is 0.456 e. The number of nitrogens with zero attached hydrogens (tertiary/aromatic N) is 1. The van der Waals surface area contributed by atoms with Crippen molar-refractivity contribution >= 4 is 43.7 Å². The van der Waals surface area contributed by atoms with Crippen molar-refractivity contribution in [1.82, 2.24) is 4.57 Å². The van der Waals surface area contributed by atoms with E-state index in [1.165, 1.54) is 98.4 Å². The summed E-state index contributed by atoms with van der Waals surface area (Å²) in [5, 5.41) is 4.83. The van der Waals surface area contributed by atoms with Crippen LogP contribution in [-0.4, -0.2) is 4.57 Å². The summed E-state index contributed by atoms with van der Waals surface area (Å²) in [4.78, 5) is 0. The molecule has 2 aromatic heterocycles. The Labute approximate surface area is 309 Å². The summed E-state index contributed by atoms with van der Waals surface area (Å²) in [6.07, 6.45) is 6.48. The van der Waals surface area contributed by atoms with Crippen LogP contribution < -0.4 is 0 Å². The Bertz CT molecular complexity index is 3020. The summed E-state index contributed by atoms with van der Waals surface area (Å²) in [6, 6.07) is 52.6. The predicted molar refractivity (Wildman–Crippen MR) is 220 cm³/mol. The van der Waals surface area contributed by atoms with Crippen molar-refractivity contribution < 1.29 is 4.42 Å². The molecule has 1 fully saturated rings. The second-order valence-corrected chi connectivity index (χ2v) is 16.4. The van der Waals surface area contributed by atoms with Crippen LogP contribution in [0.3, 0.4) is 0 Å². The molecule has 0 aliphatic heterocycles. The van der Waals surface area contributed by atoms with Crippen LogP contribution in [0.5, 0.6) is 0 Å². The van der Waals surface area contributed by atoms with Gasteiger partial charge in [0.15, 0.2) is 0 Å². The molecule has 3 aliphatic rings. The summed E-state index contributed by atoms with van der Waals surface area (Å²) < 4.78 is 8.60. The molecule has 2 heterocycles. The van der Waals surface area contributed by atoms with Crippen molar-refractivity contribution in [3.63, 3.8) is 0 Å². The van der Waals surface area contributed by atoms with Crippen LogP contribution >= 0.6 is 0 Å². The molecule has 0 radical (unpaired) electrons. The van der Waals surface area contributed by atoms with Gasteiger partial charge in [0, 0.05) is 38.1 Å². The molecule has 2 heteroatoms. The van der Waals surface area contributed by atoms with Gasteiger partial charge < -0.3 is 8.98 Å². The molecule has 0 N–H and O–H groups in total. The molecule has 0 amide bonds. The molecule has 1 spiro atoms. The highest BCUT2D eigenvalue weighted by molar-refractivity contribution is 6.11. The minimum absolute atomic E-state index is 0.0612. The highest BCUT2D eigenvalue weighted by atomic mass is 16.3. The van der Waals surface area contributed by atoms with Crippen molar-refractivity contribution in [3.05, 3.63) is 162 Å². The van der Waals surface area contributed by atoms with Gasteiger partial charge in [0.25, 0.3) is 0 Å². The second-order valence-electron chi connectivity index (χ2n) is 16.4. The number of furan rings is 1. The predicted octanol–water partition coefficient (Wildman–Crippen LogP) is 13.9. The maximum atomic E-state index is 6.19. The van der Waals surface area contributed by atoms with Crippen molar-refractivity contribution in [2.24, 2.45) is 0 Å². The topological polar surface area (TPSA) is 18.1 Å². The van der Waals surface area contributed by atoms with Crippen LogP contribution in [0, 0.1) is 0 Å². The maximum Gasteiger partial charge on any atom is 0.135 e. The summed E-state index contributed by atoms with van der Waals surface area (Å²) in [5.74, 6) is 0. The maximum absolute atomic E-state index is 6.19. The van der Waals surface area contributed by atoms with Crippen molar-refractivity contribution in [2.45, 2.75) is 56.8 Å². The molecule has 53 heavy (non-hydrogen) atoms. The first-order chi connectivity index (χ1) is 26.0. The van der Waals surface area contributed by atoms with Crippen LogP contribution in [0.2, 0.25) is 0 Å². The van der Waals surface area contributed by atoms with Gasteiger partial charge in [0.2, 0.25) is 0 Å². The first kappa shape index (κ1) is 29.7. The van der Waals surface area contributed by atoms with Gasteiger partial charge in [0.1, 0.15) is 11.2 Å². The Balaban J connectivity index is 1.02. The standard InChI is InChI=1S/C51H39NO/c1-50(2)42-21-18-31(26-37(42)39-30-45-38(29-44(39)50)34-12-4-7-15-43(34)51(45)24-10-3-11-25-51)32-19-22-47-40(27-32)35-13-5-8-16-46(35)52(47)33-20-23-49-41(28-33)36-14-6-9-17-48(36)53-49/h4-9,12-23,26-30H,3,10-11,24-25H2,1-2H3. The average molecular weight is 682 g/mol. The quantitative estimate of drug-likeness (QED) is 0.178. The fourth-order valence-electron chi connectivity index (χ4n) is 10.9. The fraction of sp³-hybridized carbons (Fsp3) is 0.176. The van der Waals surface area contributed by atoms with E-state index in [0.29, 0.717) is 0 Å². The van der Waals surface area contributed by atoms with Gasteiger partial charge in [-0.2, -0.15) is 0 Å². The number of hydrogen-bond donors (Lipinski definition) is 0. The van der Waals surface area contributed by atoms with Gasteiger partial charge in [-0.05, 0) is 129 Å². The number of hydrogen-bond acceptors (Lipinski definition) is 1. The van der Waals surface area contributed by atoms with E-state index in [0.717, 1.165) is 27.6 Å². The van der Waals surface area contributed by atoms with Crippen LogP contribution in [0.15, 0.2) is 144 Å². The lowest BCUT2D eigenvalue weighted by molar-refractivity contribution is 0.353. The van der Waals surface area contributed by atoms with Gasteiger partial charge in [0.05, 0.1) is 11.0 Å². The lowest BCUT2D eigenvalue weighted by atomic mass is 9.67. The highest BCUT2D eigenvalue weighted by Crippen LogP contribution is 2.60. The third-order valence-electron chi connectivity index (χ3n) is 13.4. The molecule has 12 rings (SSSR count). The third-order valence-corrected chi connectivity index (χ3v) is 13.4. The van der Waals surface area contributed by atoms with Crippen molar-refractivity contribution in [2.75, 3.05) is 0 Å². The van der Waals surface area contributed by atoms with E-state index in [9.17, 15) is 0 Å². The Morgan fingerprint density at radius 2 is 1.13 bits per heavy atom. The SMILES string of the molecule is CC1(C)c2ccc(-c3ccc4c(c3)c3ccccc3n4-c3ccc4oc5ccccc5c4c3)cc2-c2cc3c(cc21)-c1ccccc1C31CCCCC1. The molecule has 0 bridgehead atoms. The molecule has 7 aromatic carbocycles. The lowest BCUT2D eigenvalue weighted by Gasteiger charge is -2.36. The average Bonchev–Trinajstić information content (AvgIpc) is 3.88. The monoisotopic (exact) mass is 681 g/mol. The number of para-hydroxylation sites is 2. The van der Waals surface area contributed by atoms with Gasteiger partial charge in [-0.1, -0.05) is 112 Å². The summed E-state index contributed by atoms with van der Waals surface area (Å²) >= 11 is 0. The molecule has 0 saturated heterocycles. The zero-order valence-electron chi connectivity index (χ0n) is 30.2. The molecule has 0 unspecified atom stereocenters. The van der Waals surface area contributed by atoms with E-state index >= 15 is 0 Å². The minimum atomic E-state index is -0.0612. The molecule has 0 atom stereocenters. The molecule has 2 nitrogen and oxygen atoms in total. The number of benzene rings is 7. The Kier molecular flexibility index (Phi) is 5.82. The van der Waals surface area contributed by atoms with Crippen LogP contribution in [0.1, 0.15) is 68.2 Å². The highest BCUT2D eigenvalue weighted by Gasteiger charge is 2.46. The van der Waals surface area contributed by atoms with E-state index in [2.05, 4.69) is 146 Å². The lowest BCUT2D eigenvalue weighted by Crippen LogP contribution is -2.28. The van der Waals surface area contributed by atoms with Crippen molar-refractivity contribution in [1.29, 1.82) is 0 Å². The first-order valence-corrected chi connectivity index (χ1v) is 19.4. The van der Waals surface area contributed by atoms with Gasteiger partial charge in [-0.15, -0.1) is 0 Å². The van der Waals surface area contributed by atoms with Gasteiger partial charge in [-0.25, -0.2) is 0 Å². The van der Waals surface area contributed by atoms with Crippen LogP contribution in [0.25, 0.3) is 82.8 Å². The smallest absolute Gasteiger partial charge is 0.135 e. The molecule has 9 aromatic rings. The summed E-state index contributed by atoms with van der Waals surface area (Å²) in [6.45, 7) is 4.84. The van der Waals surface area contributed by atoms with E-state index in [1.807, 2.05) is 12.1 Å². The van der Waals surface area contributed by atoms with Crippen LogP contribution in [0.4, 0.5) is 0 Å². The molecular formula is C51H39NO. The molecule has 1 saturated carbocycles. The van der Waals surface area contributed by atoms with E-state index in [-0.39, 0.29) is 10.8 Å². The molecular weight excluding hydrogens is 643 g/mol. The van der Waals surface area contributed by atoms with Gasteiger partial charge >= 0.3 is 0 Å². The number of aromatic nitrogens is 1. The normalized spacial score (nSPS) is 16.4. The second kappa shape index (κ2) is 10.4. The zero-order valence-corrected chi connectivity index (χ0v) is 30.2. The molecule has 3 aliphatic carbocycles. The summed E-state index contributed by atoms with van der Waals surface area (Å²) in [7, 11) is 0. The summed E-state index contributed by atoms with van der Waals surface area (Å²) in [5.41, 5.74) is 19.8. The fourth-order valence-corrected chi connectivity index (χ4v) is 10.9. The Hall–Kier alpha value is -5.86. The Morgan fingerprint density at radius 1 is 0.453 bits per heavy atom. The zero-order chi connectivity index (χ0) is 35.1. The van der Waals surface area contributed by atoms with Crippen molar-refractivity contribution in [3.8, 4) is 39.1 Å². The molecule has 254 valence electrons. The van der Waals surface area contributed by atoms with E-state index in [1.54, 1.807) is 11.1 Å².